The van der Waals surface area contributed by atoms with Gasteiger partial charge in [0, 0.05) is 0 Å². The van der Waals surface area contributed by atoms with Crippen molar-refractivity contribution < 1.29 is 9.47 Å². The summed E-state index contributed by atoms with van der Waals surface area (Å²) in [6, 6.07) is 45.5. The van der Waals surface area contributed by atoms with Crippen LogP contribution in [0.1, 0.15) is 23.3 Å². The fourth-order valence-electron chi connectivity index (χ4n) is 5.22. The maximum atomic E-state index is 8.65. The maximum Gasteiger partial charge on any atom is 0.237 e. The van der Waals surface area contributed by atoms with E-state index in [1.54, 1.807) is 0 Å². The standard InChI is InChI=1S/C38H32N10O2/c39-37-33(47-43-29-17-9-3-10-18-29)31(45-41-27-13-5-1-6-14-27)35(49-37)25-21-23-26(24-22-25)36-32(46-42-28-15-7-2-8-16-28)34(38(40)50-36)48-44-30-19-11-4-12-20-30/h1-24,35-36,39-44H/b39-37?,40-38?,45-31-,46-32+,47-33-,48-34+/t35-,36+/m0/s1. The Hall–Kier alpha value is -7.08. The van der Waals surface area contributed by atoms with Crippen LogP contribution in [-0.2, 0) is 9.47 Å². The highest BCUT2D eigenvalue weighted by atomic mass is 16.5. The lowest BCUT2D eigenvalue weighted by molar-refractivity contribution is 0.271. The summed E-state index contributed by atoms with van der Waals surface area (Å²) >= 11 is 0. The van der Waals surface area contributed by atoms with Crippen LogP contribution in [0.4, 0.5) is 22.7 Å². The van der Waals surface area contributed by atoms with E-state index in [1.807, 2.05) is 146 Å². The Balaban J connectivity index is 1.18. The lowest BCUT2D eigenvalue weighted by Crippen LogP contribution is -2.20. The van der Waals surface area contributed by atoms with E-state index in [0.717, 1.165) is 33.9 Å². The van der Waals surface area contributed by atoms with Crippen LogP contribution >= 0.6 is 0 Å². The molecular weight excluding hydrogens is 628 g/mol. The summed E-state index contributed by atoms with van der Waals surface area (Å²) in [7, 11) is 0. The molecule has 0 aromatic heterocycles. The van der Waals surface area contributed by atoms with Crippen molar-refractivity contribution in [1.82, 2.24) is 0 Å². The van der Waals surface area contributed by atoms with Gasteiger partial charge >= 0.3 is 0 Å². The normalized spacial score (nSPS) is 20.2. The molecule has 246 valence electrons. The van der Waals surface area contributed by atoms with Crippen LogP contribution in [-0.4, -0.2) is 34.6 Å². The smallest absolute Gasteiger partial charge is 0.237 e. The van der Waals surface area contributed by atoms with E-state index in [1.165, 1.54) is 0 Å². The quantitative estimate of drug-likeness (QED) is 0.0843. The van der Waals surface area contributed by atoms with Gasteiger partial charge in [-0.1, -0.05) is 97.1 Å². The average Bonchev–Trinajstić information content (AvgIpc) is 3.67. The van der Waals surface area contributed by atoms with Gasteiger partial charge in [-0.05, 0) is 59.7 Å². The molecule has 0 unspecified atom stereocenters. The van der Waals surface area contributed by atoms with Gasteiger partial charge in [-0.2, -0.15) is 20.4 Å². The van der Waals surface area contributed by atoms with E-state index < -0.39 is 12.2 Å². The lowest BCUT2D eigenvalue weighted by atomic mass is 9.98. The molecule has 2 heterocycles. The van der Waals surface area contributed by atoms with Crippen LogP contribution in [0.25, 0.3) is 0 Å². The first-order chi connectivity index (χ1) is 24.6. The molecule has 7 rings (SSSR count). The Bertz CT molecular complexity index is 1930. The van der Waals surface area contributed by atoms with Gasteiger partial charge in [0.25, 0.3) is 0 Å². The van der Waals surface area contributed by atoms with Crippen molar-refractivity contribution in [2.75, 3.05) is 21.7 Å². The Morgan fingerprint density at radius 2 is 0.660 bits per heavy atom. The molecular formula is C38H32N10O2. The van der Waals surface area contributed by atoms with Crippen LogP contribution < -0.4 is 21.7 Å². The molecule has 2 saturated heterocycles. The lowest BCUT2D eigenvalue weighted by Gasteiger charge is -2.14. The summed E-state index contributed by atoms with van der Waals surface area (Å²) in [6.45, 7) is 0. The summed E-state index contributed by atoms with van der Waals surface area (Å²) in [6.07, 6.45) is -1.43. The fourth-order valence-corrected chi connectivity index (χ4v) is 5.22. The van der Waals surface area contributed by atoms with Gasteiger partial charge in [-0.3, -0.25) is 32.5 Å². The van der Waals surface area contributed by atoms with Crippen LogP contribution in [0.5, 0.6) is 0 Å². The predicted molar refractivity (Wildman–Crippen MR) is 200 cm³/mol. The number of hydrogen-bond donors (Lipinski definition) is 6. The number of nitrogens with one attached hydrogen (secondary N) is 6. The van der Waals surface area contributed by atoms with Gasteiger partial charge in [0.15, 0.2) is 23.6 Å². The Kier molecular flexibility index (Phi) is 9.31. The third-order valence-corrected chi connectivity index (χ3v) is 7.73. The van der Waals surface area contributed by atoms with E-state index in [9.17, 15) is 0 Å². The topological polar surface area (TPSA) is 164 Å². The van der Waals surface area contributed by atoms with E-state index >= 15 is 0 Å². The molecule has 2 atom stereocenters. The number of anilines is 4. The van der Waals surface area contributed by atoms with Crippen LogP contribution in [0, 0.1) is 10.8 Å². The summed E-state index contributed by atoms with van der Waals surface area (Å²) in [5.41, 5.74) is 18.1. The molecule has 50 heavy (non-hydrogen) atoms. The molecule has 0 aliphatic carbocycles. The van der Waals surface area contributed by atoms with Crippen molar-refractivity contribution >= 4 is 57.4 Å². The maximum absolute atomic E-state index is 8.65. The number of para-hydroxylation sites is 4. The second-order valence-electron chi connectivity index (χ2n) is 11.1. The number of ether oxygens (including phenoxy) is 2. The van der Waals surface area contributed by atoms with E-state index in [0.29, 0.717) is 11.4 Å². The van der Waals surface area contributed by atoms with Crippen molar-refractivity contribution in [2.45, 2.75) is 12.2 Å². The molecule has 6 N–H and O–H groups in total. The third-order valence-electron chi connectivity index (χ3n) is 7.73. The molecule has 0 spiro atoms. The molecule has 5 aromatic carbocycles. The molecule has 12 nitrogen and oxygen atoms in total. The molecule has 2 fully saturated rings. The van der Waals surface area contributed by atoms with Crippen LogP contribution in [0.3, 0.4) is 0 Å². The van der Waals surface area contributed by atoms with Crippen molar-refractivity contribution in [2.24, 2.45) is 20.4 Å². The molecule has 12 heteroatoms. The highest BCUT2D eigenvalue weighted by Crippen LogP contribution is 2.32. The number of hydrogen-bond acceptors (Lipinski definition) is 12. The first kappa shape index (κ1) is 31.5. The summed E-state index contributed by atoms with van der Waals surface area (Å²) in [5, 5.41) is 35.6. The highest BCUT2D eigenvalue weighted by molar-refractivity contribution is 6.70. The number of benzene rings is 5. The van der Waals surface area contributed by atoms with Crippen molar-refractivity contribution in [3.63, 3.8) is 0 Å². The van der Waals surface area contributed by atoms with Crippen molar-refractivity contribution in [3.05, 3.63) is 157 Å². The number of hydrazone groups is 4. The number of nitrogens with zero attached hydrogens (tertiary/aromatic N) is 4. The third kappa shape index (κ3) is 7.24. The van der Waals surface area contributed by atoms with E-state index in [4.69, 9.17) is 20.3 Å². The van der Waals surface area contributed by atoms with Gasteiger partial charge in [-0.15, -0.1) is 0 Å². The minimum Gasteiger partial charge on any atom is -0.461 e. The van der Waals surface area contributed by atoms with Crippen molar-refractivity contribution in [3.8, 4) is 0 Å². The Labute approximate surface area is 288 Å². The second-order valence-corrected chi connectivity index (χ2v) is 11.1. The molecule has 2 aliphatic heterocycles. The fraction of sp³-hybridized carbons (Fsp3) is 0.0526. The Morgan fingerprint density at radius 3 is 0.960 bits per heavy atom. The average molecular weight is 661 g/mol. The molecule has 0 amide bonds. The van der Waals surface area contributed by atoms with E-state index in [2.05, 4.69) is 42.1 Å². The van der Waals surface area contributed by atoms with Crippen molar-refractivity contribution in [1.29, 1.82) is 10.8 Å². The van der Waals surface area contributed by atoms with E-state index in [-0.39, 0.29) is 23.2 Å². The summed E-state index contributed by atoms with van der Waals surface area (Å²) in [4.78, 5) is 0. The summed E-state index contributed by atoms with van der Waals surface area (Å²) < 4.78 is 12.1. The predicted octanol–water partition coefficient (Wildman–Crippen LogP) is 7.66. The molecule has 0 saturated carbocycles. The Morgan fingerprint density at radius 1 is 0.380 bits per heavy atom. The largest absolute Gasteiger partial charge is 0.461 e. The number of rotatable bonds is 10. The molecule has 0 radical (unpaired) electrons. The minimum atomic E-state index is -0.716. The van der Waals surface area contributed by atoms with Gasteiger partial charge < -0.3 is 9.47 Å². The zero-order valence-electron chi connectivity index (χ0n) is 26.6. The monoisotopic (exact) mass is 660 g/mol. The molecule has 5 aromatic rings. The van der Waals surface area contributed by atoms with Gasteiger partial charge in [-0.25, -0.2) is 0 Å². The first-order valence-corrected chi connectivity index (χ1v) is 15.8. The second kappa shape index (κ2) is 14.8. The van der Waals surface area contributed by atoms with Crippen LogP contribution in [0.2, 0.25) is 0 Å². The summed E-state index contributed by atoms with van der Waals surface area (Å²) in [5.74, 6) is -0.228. The highest BCUT2D eigenvalue weighted by Gasteiger charge is 2.39. The molecule has 0 bridgehead atoms. The SMILES string of the molecule is N=C1O[C@@H](c2ccc([C@H]3OC(=N)C(=N/Nc4ccccc4)/C3=N\Nc3ccccc3)cc2)C(=N\Nc2ccccc2)/C1=N/Nc1ccccc1. The minimum absolute atomic E-state index is 0.114. The van der Waals surface area contributed by atoms with Gasteiger partial charge in [0.2, 0.25) is 11.8 Å². The van der Waals surface area contributed by atoms with Gasteiger partial charge in [0.05, 0.1) is 22.7 Å². The first-order valence-electron chi connectivity index (χ1n) is 15.8. The van der Waals surface area contributed by atoms with Gasteiger partial charge in [0.1, 0.15) is 11.4 Å². The zero-order valence-corrected chi connectivity index (χ0v) is 26.6. The zero-order chi connectivity index (χ0) is 34.1. The van der Waals surface area contributed by atoms with Crippen LogP contribution in [0.15, 0.2) is 166 Å². The molecule has 2 aliphatic rings.